The van der Waals surface area contributed by atoms with Crippen LogP contribution in [0.3, 0.4) is 0 Å². The molecule has 2 aromatic carbocycles. The molecule has 0 atom stereocenters. The first-order valence-corrected chi connectivity index (χ1v) is 6.72. The summed E-state index contributed by atoms with van der Waals surface area (Å²) in [4.78, 5) is 18.9. The molecule has 0 fully saturated rings. The first-order valence-electron chi connectivity index (χ1n) is 6.72. The number of imidazole rings is 1. The second-order valence-electron chi connectivity index (χ2n) is 4.84. The molecule has 1 heterocycles. The van der Waals surface area contributed by atoms with Crippen LogP contribution in [0, 0.1) is 5.82 Å². The summed E-state index contributed by atoms with van der Waals surface area (Å²) in [5.41, 5.74) is 3.20. The Labute approximate surface area is 126 Å². The number of aromatic nitrogens is 2. The quantitative estimate of drug-likeness (QED) is 0.778. The third-order valence-corrected chi connectivity index (χ3v) is 3.25. The van der Waals surface area contributed by atoms with E-state index in [1.165, 1.54) is 19.2 Å². The third-order valence-electron chi connectivity index (χ3n) is 3.25. The SMILES string of the molecule is COC(=O)Nc1ccc2nc(Cc3ccc(F)cc3)[nH]c2c1. The van der Waals surface area contributed by atoms with Gasteiger partial charge in [-0.15, -0.1) is 0 Å². The van der Waals surface area contributed by atoms with Crippen LogP contribution < -0.4 is 5.32 Å². The number of benzene rings is 2. The van der Waals surface area contributed by atoms with Gasteiger partial charge in [0.15, 0.2) is 0 Å². The van der Waals surface area contributed by atoms with Gasteiger partial charge in [-0.25, -0.2) is 14.2 Å². The van der Waals surface area contributed by atoms with Gasteiger partial charge in [-0.3, -0.25) is 5.32 Å². The first kappa shape index (κ1) is 14.1. The van der Waals surface area contributed by atoms with Gasteiger partial charge >= 0.3 is 6.09 Å². The van der Waals surface area contributed by atoms with E-state index >= 15 is 0 Å². The average Bonchev–Trinajstić information content (AvgIpc) is 2.91. The van der Waals surface area contributed by atoms with Crippen LogP contribution in [0.25, 0.3) is 11.0 Å². The van der Waals surface area contributed by atoms with Crippen LogP contribution in [0.15, 0.2) is 42.5 Å². The maximum Gasteiger partial charge on any atom is 0.411 e. The van der Waals surface area contributed by atoms with Gasteiger partial charge in [0, 0.05) is 12.1 Å². The zero-order valence-electron chi connectivity index (χ0n) is 11.9. The monoisotopic (exact) mass is 299 g/mol. The Bertz CT molecular complexity index is 812. The van der Waals surface area contributed by atoms with Gasteiger partial charge in [0.05, 0.1) is 18.1 Å². The number of carbonyl (C=O) groups is 1. The number of methoxy groups -OCH3 is 1. The number of rotatable bonds is 3. The number of nitrogens with zero attached hydrogens (tertiary/aromatic N) is 1. The van der Waals surface area contributed by atoms with E-state index in [0.29, 0.717) is 12.1 Å². The molecule has 112 valence electrons. The first-order chi connectivity index (χ1) is 10.6. The number of fused-ring (bicyclic) bond motifs is 1. The smallest absolute Gasteiger partial charge is 0.411 e. The number of carbonyl (C=O) groups excluding carboxylic acids is 1. The minimum atomic E-state index is -0.523. The predicted octanol–water partition coefficient (Wildman–Crippen LogP) is 3.47. The molecule has 3 aromatic rings. The van der Waals surface area contributed by atoms with Gasteiger partial charge in [-0.2, -0.15) is 0 Å². The van der Waals surface area contributed by atoms with Crippen molar-refractivity contribution in [2.45, 2.75) is 6.42 Å². The molecule has 1 aromatic heterocycles. The van der Waals surface area contributed by atoms with E-state index in [1.54, 1.807) is 24.3 Å². The van der Waals surface area contributed by atoms with Crippen molar-refractivity contribution in [1.29, 1.82) is 0 Å². The van der Waals surface area contributed by atoms with Crippen LogP contribution in [0.4, 0.5) is 14.9 Å². The third kappa shape index (κ3) is 3.06. The van der Waals surface area contributed by atoms with Crippen LogP contribution in [0.2, 0.25) is 0 Å². The van der Waals surface area contributed by atoms with E-state index in [4.69, 9.17) is 0 Å². The molecule has 3 rings (SSSR count). The maximum absolute atomic E-state index is 12.9. The number of hydrogen-bond donors (Lipinski definition) is 2. The molecular formula is C16H14FN3O2. The highest BCUT2D eigenvalue weighted by Crippen LogP contribution is 2.19. The Morgan fingerprint density at radius 3 is 2.77 bits per heavy atom. The van der Waals surface area contributed by atoms with E-state index in [2.05, 4.69) is 20.0 Å². The molecule has 5 nitrogen and oxygen atoms in total. The summed E-state index contributed by atoms with van der Waals surface area (Å²) in [6, 6.07) is 11.7. The van der Waals surface area contributed by atoms with Crippen molar-refractivity contribution in [1.82, 2.24) is 9.97 Å². The maximum atomic E-state index is 12.9. The number of hydrogen-bond acceptors (Lipinski definition) is 3. The second-order valence-corrected chi connectivity index (χ2v) is 4.84. The molecule has 0 aliphatic rings. The Morgan fingerprint density at radius 2 is 2.05 bits per heavy atom. The van der Waals surface area contributed by atoms with E-state index in [9.17, 15) is 9.18 Å². The number of H-pyrrole nitrogens is 1. The molecule has 0 radical (unpaired) electrons. The number of ether oxygens (including phenoxy) is 1. The molecule has 0 unspecified atom stereocenters. The lowest BCUT2D eigenvalue weighted by molar-refractivity contribution is 0.187. The van der Waals surface area contributed by atoms with Crippen LogP contribution in [0.5, 0.6) is 0 Å². The number of aromatic amines is 1. The highest BCUT2D eigenvalue weighted by molar-refractivity contribution is 5.88. The van der Waals surface area contributed by atoms with E-state index in [1.807, 2.05) is 6.07 Å². The van der Waals surface area contributed by atoms with E-state index in [-0.39, 0.29) is 5.82 Å². The van der Waals surface area contributed by atoms with Gasteiger partial charge < -0.3 is 9.72 Å². The standard InChI is InChI=1S/C16H14FN3O2/c1-22-16(21)18-12-6-7-13-14(9-12)20-15(19-13)8-10-2-4-11(17)5-3-10/h2-7,9H,8H2,1H3,(H,18,21)(H,19,20). The fourth-order valence-corrected chi connectivity index (χ4v) is 2.19. The molecule has 0 bridgehead atoms. The summed E-state index contributed by atoms with van der Waals surface area (Å²) in [5, 5.41) is 2.60. The molecule has 22 heavy (non-hydrogen) atoms. The number of nitrogens with one attached hydrogen (secondary N) is 2. The molecule has 0 aliphatic heterocycles. The minimum Gasteiger partial charge on any atom is -0.453 e. The highest BCUT2D eigenvalue weighted by Gasteiger charge is 2.07. The highest BCUT2D eigenvalue weighted by atomic mass is 19.1. The van der Waals surface area contributed by atoms with Crippen molar-refractivity contribution in [2.75, 3.05) is 12.4 Å². The summed E-state index contributed by atoms with van der Waals surface area (Å²) in [7, 11) is 1.31. The van der Waals surface area contributed by atoms with Gasteiger partial charge in [0.25, 0.3) is 0 Å². The van der Waals surface area contributed by atoms with Crippen molar-refractivity contribution in [3.63, 3.8) is 0 Å². The zero-order valence-corrected chi connectivity index (χ0v) is 11.9. The van der Waals surface area contributed by atoms with Crippen molar-refractivity contribution in [3.8, 4) is 0 Å². The van der Waals surface area contributed by atoms with Crippen molar-refractivity contribution in [2.24, 2.45) is 0 Å². The van der Waals surface area contributed by atoms with Gasteiger partial charge in [0.2, 0.25) is 0 Å². The zero-order chi connectivity index (χ0) is 15.5. The minimum absolute atomic E-state index is 0.258. The van der Waals surface area contributed by atoms with Crippen molar-refractivity contribution in [3.05, 3.63) is 59.7 Å². The van der Waals surface area contributed by atoms with Crippen molar-refractivity contribution < 1.29 is 13.9 Å². The molecule has 1 amide bonds. The summed E-state index contributed by atoms with van der Waals surface area (Å²) in [5.74, 6) is 0.517. The normalized spacial score (nSPS) is 10.6. The Morgan fingerprint density at radius 1 is 1.27 bits per heavy atom. The van der Waals surface area contributed by atoms with Crippen LogP contribution in [-0.4, -0.2) is 23.2 Å². The molecular weight excluding hydrogens is 285 g/mol. The fraction of sp³-hybridized carbons (Fsp3) is 0.125. The van der Waals surface area contributed by atoms with Gasteiger partial charge in [-0.1, -0.05) is 12.1 Å². The molecule has 0 saturated heterocycles. The lowest BCUT2D eigenvalue weighted by Gasteiger charge is -2.02. The Hall–Kier alpha value is -2.89. The molecule has 6 heteroatoms. The summed E-state index contributed by atoms with van der Waals surface area (Å²) >= 11 is 0. The number of halogens is 1. The Kier molecular flexibility index (Phi) is 3.74. The lowest BCUT2D eigenvalue weighted by atomic mass is 10.1. The van der Waals surface area contributed by atoms with Crippen LogP contribution in [0.1, 0.15) is 11.4 Å². The van der Waals surface area contributed by atoms with E-state index in [0.717, 1.165) is 22.4 Å². The van der Waals surface area contributed by atoms with Crippen LogP contribution >= 0.6 is 0 Å². The largest absolute Gasteiger partial charge is 0.453 e. The molecule has 2 N–H and O–H groups in total. The summed E-state index contributed by atoms with van der Waals surface area (Å²) in [6.45, 7) is 0. The molecule has 0 spiro atoms. The summed E-state index contributed by atoms with van der Waals surface area (Å²) < 4.78 is 17.5. The predicted molar refractivity (Wildman–Crippen MR) is 81.3 cm³/mol. The second kappa shape index (κ2) is 5.85. The van der Waals surface area contributed by atoms with E-state index < -0.39 is 6.09 Å². The number of amides is 1. The fourth-order valence-electron chi connectivity index (χ4n) is 2.19. The topological polar surface area (TPSA) is 67.0 Å². The molecule has 0 aliphatic carbocycles. The summed E-state index contributed by atoms with van der Waals surface area (Å²) in [6.07, 6.45) is 0.0553. The Balaban J connectivity index is 1.83. The average molecular weight is 299 g/mol. The number of anilines is 1. The van der Waals surface area contributed by atoms with Gasteiger partial charge in [0.1, 0.15) is 11.6 Å². The lowest BCUT2D eigenvalue weighted by Crippen LogP contribution is -2.10. The van der Waals surface area contributed by atoms with Crippen molar-refractivity contribution >= 4 is 22.8 Å². The van der Waals surface area contributed by atoms with Gasteiger partial charge in [-0.05, 0) is 35.9 Å². The molecule has 0 saturated carbocycles. The van der Waals surface area contributed by atoms with Crippen LogP contribution in [-0.2, 0) is 11.2 Å².